The minimum Gasteiger partial charge on any atom is -0.509 e. The number of para-hydroxylation sites is 2. The van der Waals surface area contributed by atoms with Gasteiger partial charge in [-0.1, -0.05) is 178 Å². The normalized spacial score (nSPS) is 19.7. The topological polar surface area (TPSA) is 33.5 Å². The van der Waals surface area contributed by atoms with E-state index < -0.39 is 11.6 Å². The third-order valence-electron chi connectivity index (χ3n) is 16.0. The fourth-order valence-electron chi connectivity index (χ4n) is 13.0. The molecule has 6 aliphatic carbocycles. The summed E-state index contributed by atoms with van der Waals surface area (Å²) in [5.74, 6) is 1.87. The number of rotatable bonds is 6. The Kier molecular flexibility index (Phi) is 8.96. The summed E-state index contributed by atoms with van der Waals surface area (Å²) in [6.45, 7) is 8.81. The molecule has 0 saturated carbocycles. The molecule has 1 aliphatic heterocycles. The monoisotopic (exact) mass is 1140 g/mol. The van der Waals surface area contributed by atoms with Crippen molar-refractivity contribution < 1.29 is 32.7 Å². The van der Waals surface area contributed by atoms with E-state index in [-0.39, 0.29) is 74.0 Å². The molecule has 0 spiro atoms. The second-order valence-electron chi connectivity index (χ2n) is 20.7. The van der Waals surface area contributed by atoms with Gasteiger partial charge in [-0.3, -0.25) is 0 Å². The van der Waals surface area contributed by atoms with Crippen molar-refractivity contribution in [3.8, 4) is 28.4 Å². The van der Waals surface area contributed by atoms with E-state index in [1.54, 1.807) is 0 Å². The van der Waals surface area contributed by atoms with Gasteiger partial charge in [0.1, 0.15) is 5.82 Å². The molecule has 7 aliphatic rings. The van der Waals surface area contributed by atoms with Gasteiger partial charge in [0.05, 0.1) is 12.4 Å². The molecule has 6 heteroatoms. The van der Waals surface area contributed by atoms with Gasteiger partial charge < -0.3 is 19.1 Å². The van der Waals surface area contributed by atoms with Crippen LogP contribution in [0.2, 0.25) is 0 Å². The number of ether oxygens (including phenoxy) is 1. The van der Waals surface area contributed by atoms with Crippen molar-refractivity contribution in [2.75, 3.05) is 9.80 Å². The van der Waals surface area contributed by atoms with Crippen molar-refractivity contribution in [2.24, 2.45) is 0 Å². The number of hydrogen-bond acceptors (Lipinski definition) is 4. The molecule has 5 nitrogen and oxygen atoms in total. The quantitative estimate of drug-likeness (QED) is 0.155. The molecule has 0 unspecified atom stereocenters. The number of nitrogens with zero attached hydrogens (tertiary/aromatic N) is 4. The van der Waals surface area contributed by atoms with E-state index in [1.807, 2.05) is 54.7 Å². The molecule has 0 N–H and O–H groups in total. The van der Waals surface area contributed by atoms with E-state index in [1.165, 1.54) is 44.5 Å². The summed E-state index contributed by atoms with van der Waals surface area (Å²) in [6, 6.07) is 70.7. The van der Waals surface area contributed by atoms with Crippen molar-refractivity contribution in [3.63, 3.8) is 0 Å². The molecule has 11 aromatic rings. The van der Waals surface area contributed by atoms with Crippen LogP contribution in [0, 0.1) is 18.8 Å². The van der Waals surface area contributed by atoms with Crippen LogP contribution in [0.15, 0.2) is 218 Å². The van der Waals surface area contributed by atoms with Gasteiger partial charge in [0, 0.05) is 73.4 Å². The molecule has 9 aromatic carbocycles. The Morgan fingerprint density at radius 1 is 0.581 bits per heavy atom. The van der Waals surface area contributed by atoms with E-state index in [0.29, 0.717) is 28.4 Å². The summed E-state index contributed by atoms with van der Waals surface area (Å²) >= 11 is 0. The maximum atomic E-state index is 8.79. The Morgan fingerprint density at radius 2 is 1.20 bits per heavy atom. The third kappa shape index (κ3) is 6.42. The first-order valence-electron chi connectivity index (χ1n) is 27.6. The van der Waals surface area contributed by atoms with E-state index in [0.717, 1.165) is 38.9 Å². The summed E-state index contributed by atoms with van der Waals surface area (Å²) in [5, 5.41) is 1.64. The van der Waals surface area contributed by atoms with Crippen LogP contribution in [0.4, 0.5) is 17.1 Å². The number of aromatic nitrogens is 2. The summed E-state index contributed by atoms with van der Waals surface area (Å²) in [5.41, 5.74) is 16.2. The Labute approximate surface area is 453 Å². The van der Waals surface area contributed by atoms with E-state index in [2.05, 4.69) is 187 Å². The predicted molar refractivity (Wildman–Crippen MR) is 294 cm³/mol. The van der Waals surface area contributed by atoms with Crippen molar-refractivity contribution in [1.29, 1.82) is 0 Å². The largest absolute Gasteiger partial charge is 0.509 e. The molecule has 0 amide bonds. The molecule has 2 aromatic heterocycles. The zero-order chi connectivity index (χ0) is 52.9. The number of pyridine rings is 1. The van der Waals surface area contributed by atoms with Gasteiger partial charge >= 0.3 is 0 Å². The van der Waals surface area contributed by atoms with Gasteiger partial charge in [-0.25, -0.2) is 4.98 Å². The smallest absolute Gasteiger partial charge is 0.135 e. The van der Waals surface area contributed by atoms with Crippen LogP contribution < -0.4 is 14.5 Å². The first kappa shape index (κ1) is 39.5. The fourth-order valence-corrected chi connectivity index (χ4v) is 13.0. The molecule has 74 heavy (non-hydrogen) atoms. The fraction of sp³-hybridized carbons (Fsp3) is 0.118. The molecule has 0 saturated heterocycles. The predicted octanol–water partition coefficient (Wildman–Crippen LogP) is 16.3. The summed E-state index contributed by atoms with van der Waals surface area (Å²) in [6.07, 6.45) is 1.83. The van der Waals surface area contributed by atoms with Gasteiger partial charge in [0.2, 0.25) is 0 Å². The minimum atomic E-state index is -0.709. The molecular formula is C68H49N4OPt-3. The number of benzene rings is 9. The number of fused-ring (bicyclic) bond motifs is 4. The minimum absolute atomic E-state index is 0. The van der Waals surface area contributed by atoms with Crippen LogP contribution in [0.5, 0.6) is 11.5 Å². The van der Waals surface area contributed by atoms with Gasteiger partial charge in [0.25, 0.3) is 0 Å². The first-order valence-corrected chi connectivity index (χ1v) is 25.1. The zero-order valence-electron chi connectivity index (χ0n) is 45.7. The summed E-state index contributed by atoms with van der Waals surface area (Å²) in [7, 11) is 0. The maximum absolute atomic E-state index is 8.79. The van der Waals surface area contributed by atoms with Crippen LogP contribution in [-0.4, -0.2) is 9.55 Å². The Morgan fingerprint density at radius 3 is 1.91 bits per heavy atom. The van der Waals surface area contributed by atoms with E-state index >= 15 is 0 Å². The standard InChI is InChI=1S/C68H49N4O.Pt/c1-67(2,3)45-36-37-69-63(39-45)72-59-35-32-44(43-18-5-4-6-19-43)38-56(59)49-34-33-48(41-62(49)72)73-47-21-17-20-46(40-47)70-42-71(61-31-16-15-30-60(61)70)68-57-28-13-11-26-54(57)65(55-27-12-14-29-58(55)68)64-50-22-7-9-24-52(50)66(68)53-25-10-8-23-51(53)64;/h4-39,42,64-66H,1-3H3;/q-3;/i4D,5D,6D,18D,19D;. The summed E-state index contributed by atoms with van der Waals surface area (Å²) < 4.78 is 51.5. The van der Waals surface area contributed by atoms with Crippen molar-refractivity contribution >= 4 is 38.9 Å². The van der Waals surface area contributed by atoms with Gasteiger partial charge in [-0.15, -0.1) is 41.4 Å². The summed E-state index contributed by atoms with van der Waals surface area (Å²) in [4.78, 5) is 9.72. The Balaban J connectivity index is 0.00000564. The SMILES string of the molecule is [2H]c1c([2H])c([2H])c(-c2ccc3c(c2)c2ccc(Oc4[c-]c(N5[CH-]N(C67c8ccccc8C(c8ccccc86)C6c8ccccc8C7c7ccccc76)c6ccccc65)ccc4)[c-]c2n3-c2cc(C(C)(C)C)ccn2)c([2H])c1[2H].[Pt]. The van der Waals surface area contributed by atoms with Gasteiger partial charge in [0.15, 0.2) is 0 Å². The Bertz CT molecular complexity index is 4230. The van der Waals surface area contributed by atoms with E-state index in [9.17, 15) is 0 Å². The average Bonchev–Trinajstić information content (AvgIpc) is 2.27. The molecule has 4 bridgehead atoms. The second kappa shape index (κ2) is 16.8. The molecule has 18 rings (SSSR count). The molecule has 0 atom stereocenters. The van der Waals surface area contributed by atoms with Crippen LogP contribution in [-0.2, 0) is 32.0 Å². The van der Waals surface area contributed by atoms with Crippen molar-refractivity contribution in [1.82, 2.24) is 9.55 Å². The first-order chi connectivity index (χ1) is 37.9. The van der Waals surface area contributed by atoms with Gasteiger partial charge in [-0.05, 0) is 102 Å². The number of anilines is 3. The Hall–Kier alpha value is -7.98. The molecule has 3 heterocycles. The number of hydrogen-bond donors (Lipinski definition) is 0. The van der Waals surface area contributed by atoms with Crippen LogP contribution in [0.25, 0.3) is 38.8 Å². The van der Waals surface area contributed by atoms with Crippen LogP contribution in [0.1, 0.15) is 95.4 Å². The molecule has 0 radical (unpaired) electrons. The average molecular weight is 1140 g/mol. The third-order valence-corrected chi connectivity index (χ3v) is 16.0. The maximum Gasteiger partial charge on any atom is 0.135 e. The second-order valence-corrected chi connectivity index (χ2v) is 20.7. The molecule has 0 fully saturated rings. The van der Waals surface area contributed by atoms with Crippen LogP contribution in [0.3, 0.4) is 0 Å². The molecule has 360 valence electrons. The molecular weight excluding hydrogens is 1080 g/mol. The van der Waals surface area contributed by atoms with Crippen molar-refractivity contribution in [3.05, 3.63) is 287 Å². The zero-order valence-corrected chi connectivity index (χ0v) is 43.0. The van der Waals surface area contributed by atoms with Crippen molar-refractivity contribution in [2.45, 2.75) is 49.5 Å². The van der Waals surface area contributed by atoms with E-state index in [4.69, 9.17) is 16.6 Å². The van der Waals surface area contributed by atoms with Crippen LogP contribution >= 0.6 is 0 Å². The van der Waals surface area contributed by atoms with Gasteiger partial charge in [-0.2, -0.15) is 18.8 Å².